The van der Waals surface area contributed by atoms with Crippen molar-refractivity contribution in [1.82, 2.24) is 9.13 Å². The minimum atomic E-state index is -0.137. The number of ether oxygens (including phenoxy) is 1. The predicted octanol–water partition coefficient (Wildman–Crippen LogP) is 5.83. The normalized spacial score (nSPS) is 10.8. The molecular formula is C22H16Br2N2O2. The highest BCUT2D eigenvalue weighted by molar-refractivity contribution is 9.10. The van der Waals surface area contributed by atoms with Crippen molar-refractivity contribution >= 4 is 31.9 Å². The molecule has 28 heavy (non-hydrogen) atoms. The zero-order chi connectivity index (χ0) is 19.7. The first-order valence-corrected chi connectivity index (χ1v) is 10.2. The Balaban J connectivity index is 1.97. The van der Waals surface area contributed by atoms with Crippen LogP contribution in [0.25, 0.3) is 22.6 Å². The van der Waals surface area contributed by atoms with E-state index in [1.54, 1.807) is 16.2 Å². The molecule has 3 aromatic carbocycles. The first-order chi connectivity index (χ1) is 13.6. The van der Waals surface area contributed by atoms with Gasteiger partial charge in [0.15, 0.2) is 0 Å². The molecule has 0 unspecified atom stereocenters. The van der Waals surface area contributed by atoms with Gasteiger partial charge in [0.1, 0.15) is 5.75 Å². The Hall–Kier alpha value is -2.57. The molecule has 0 saturated heterocycles. The average Bonchev–Trinajstić information content (AvgIpc) is 3.06. The van der Waals surface area contributed by atoms with E-state index in [-0.39, 0.29) is 5.69 Å². The molecule has 4 aromatic rings. The Kier molecular flexibility index (Phi) is 5.24. The summed E-state index contributed by atoms with van der Waals surface area (Å²) in [5.74, 6) is 0.740. The van der Waals surface area contributed by atoms with Crippen molar-refractivity contribution < 1.29 is 4.74 Å². The quantitative estimate of drug-likeness (QED) is 0.354. The molecule has 140 valence electrons. The summed E-state index contributed by atoms with van der Waals surface area (Å²) in [4.78, 5) is 13.4. The van der Waals surface area contributed by atoms with Crippen molar-refractivity contribution in [2.45, 2.75) is 0 Å². The van der Waals surface area contributed by atoms with Crippen LogP contribution >= 0.6 is 31.9 Å². The molecule has 0 aliphatic carbocycles. The van der Waals surface area contributed by atoms with Crippen LogP contribution in [0.15, 0.2) is 92.7 Å². The summed E-state index contributed by atoms with van der Waals surface area (Å²) in [6, 6.07) is 23.0. The van der Waals surface area contributed by atoms with Crippen molar-refractivity contribution in [2.24, 2.45) is 0 Å². The molecule has 0 spiro atoms. The lowest BCUT2D eigenvalue weighted by molar-refractivity contribution is 0.415. The van der Waals surface area contributed by atoms with Crippen molar-refractivity contribution in [3.63, 3.8) is 0 Å². The lowest BCUT2D eigenvalue weighted by Crippen LogP contribution is -2.22. The van der Waals surface area contributed by atoms with Gasteiger partial charge >= 0.3 is 5.69 Å². The molecule has 4 nitrogen and oxygen atoms in total. The molecule has 0 saturated carbocycles. The summed E-state index contributed by atoms with van der Waals surface area (Å²) in [6.07, 6.45) is 1.86. The lowest BCUT2D eigenvalue weighted by atomic mass is 10.1. The maximum absolute atomic E-state index is 13.4. The molecule has 0 bridgehead atoms. The third-order valence-corrected chi connectivity index (χ3v) is 5.50. The SMILES string of the molecule is COc1cccc(-c2cn(-c3ccc(Br)cc3)c(=O)n2-c2ccc(Br)cc2)c1. The van der Waals surface area contributed by atoms with E-state index in [0.29, 0.717) is 0 Å². The average molecular weight is 500 g/mol. The van der Waals surface area contributed by atoms with Crippen LogP contribution in [-0.2, 0) is 0 Å². The minimum Gasteiger partial charge on any atom is -0.497 e. The van der Waals surface area contributed by atoms with Gasteiger partial charge in [-0.25, -0.2) is 4.79 Å². The van der Waals surface area contributed by atoms with Crippen LogP contribution < -0.4 is 10.4 Å². The second-order valence-corrected chi connectivity index (χ2v) is 8.02. The summed E-state index contributed by atoms with van der Waals surface area (Å²) in [5, 5.41) is 0. The Labute approximate surface area is 179 Å². The summed E-state index contributed by atoms with van der Waals surface area (Å²) in [7, 11) is 1.63. The second-order valence-electron chi connectivity index (χ2n) is 6.19. The maximum atomic E-state index is 13.4. The molecule has 0 fully saturated rings. The minimum absolute atomic E-state index is 0.137. The molecule has 0 amide bonds. The standard InChI is InChI=1S/C22H16Br2N2O2/c1-28-20-4-2-3-15(13-20)21-14-25(18-9-5-16(23)6-10-18)22(27)26(21)19-11-7-17(24)8-12-19/h2-14H,1H3. The number of nitrogens with zero attached hydrogens (tertiary/aromatic N) is 2. The maximum Gasteiger partial charge on any atom is 0.337 e. The van der Waals surface area contributed by atoms with E-state index in [9.17, 15) is 4.79 Å². The molecule has 4 rings (SSSR count). The molecule has 0 aliphatic rings. The van der Waals surface area contributed by atoms with E-state index >= 15 is 0 Å². The van der Waals surface area contributed by atoms with Gasteiger partial charge in [0.2, 0.25) is 0 Å². The fraction of sp³-hybridized carbons (Fsp3) is 0.0455. The highest BCUT2D eigenvalue weighted by Gasteiger charge is 2.16. The third-order valence-electron chi connectivity index (χ3n) is 4.44. The molecular weight excluding hydrogens is 484 g/mol. The van der Waals surface area contributed by atoms with Crippen LogP contribution in [0.4, 0.5) is 0 Å². The van der Waals surface area contributed by atoms with E-state index < -0.39 is 0 Å². The largest absolute Gasteiger partial charge is 0.497 e. The van der Waals surface area contributed by atoms with Gasteiger partial charge in [0.05, 0.1) is 24.2 Å². The Morgan fingerprint density at radius 1 is 0.821 bits per heavy atom. The Bertz CT molecular complexity index is 1180. The summed E-state index contributed by atoms with van der Waals surface area (Å²) < 4.78 is 10.7. The van der Waals surface area contributed by atoms with E-state index in [1.807, 2.05) is 79.0 Å². The molecule has 1 aromatic heterocycles. The fourth-order valence-corrected chi connectivity index (χ4v) is 3.59. The number of hydrogen-bond donors (Lipinski definition) is 0. The Morgan fingerprint density at radius 2 is 1.43 bits per heavy atom. The third kappa shape index (κ3) is 3.57. The zero-order valence-electron chi connectivity index (χ0n) is 15.0. The van der Waals surface area contributed by atoms with Gasteiger partial charge in [-0.3, -0.25) is 9.13 Å². The van der Waals surface area contributed by atoms with Gasteiger partial charge in [-0.15, -0.1) is 0 Å². The van der Waals surface area contributed by atoms with Gasteiger partial charge in [0, 0.05) is 20.7 Å². The van der Waals surface area contributed by atoms with E-state index in [1.165, 1.54) is 0 Å². The van der Waals surface area contributed by atoms with Crippen LogP contribution in [0.5, 0.6) is 5.75 Å². The van der Waals surface area contributed by atoms with Crippen molar-refractivity contribution in [3.8, 4) is 28.4 Å². The van der Waals surface area contributed by atoms with Crippen LogP contribution in [0.1, 0.15) is 0 Å². The number of hydrogen-bond acceptors (Lipinski definition) is 2. The van der Waals surface area contributed by atoms with Crippen LogP contribution in [0.3, 0.4) is 0 Å². The molecule has 0 radical (unpaired) electrons. The lowest BCUT2D eigenvalue weighted by Gasteiger charge is -2.09. The Morgan fingerprint density at radius 3 is 2.04 bits per heavy atom. The van der Waals surface area contributed by atoms with Gasteiger partial charge in [-0.05, 0) is 60.7 Å². The molecule has 0 aliphatic heterocycles. The van der Waals surface area contributed by atoms with Crippen LogP contribution in [0, 0.1) is 0 Å². The topological polar surface area (TPSA) is 36.2 Å². The summed E-state index contributed by atoms with van der Waals surface area (Å²) in [6.45, 7) is 0. The van der Waals surface area contributed by atoms with Crippen LogP contribution in [-0.4, -0.2) is 16.2 Å². The van der Waals surface area contributed by atoms with Gasteiger partial charge in [0.25, 0.3) is 0 Å². The van der Waals surface area contributed by atoms with E-state index in [0.717, 1.165) is 37.3 Å². The van der Waals surface area contributed by atoms with Crippen LogP contribution in [0.2, 0.25) is 0 Å². The zero-order valence-corrected chi connectivity index (χ0v) is 18.1. The summed E-state index contributed by atoms with van der Waals surface area (Å²) in [5.41, 5.74) is 3.14. The monoisotopic (exact) mass is 498 g/mol. The highest BCUT2D eigenvalue weighted by atomic mass is 79.9. The van der Waals surface area contributed by atoms with E-state index in [2.05, 4.69) is 31.9 Å². The van der Waals surface area contributed by atoms with E-state index in [4.69, 9.17) is 4.74 Å². The number of rotatable bonds is 4. The molecule has 1 heterocycles. The first-order valence-electron chi connectivity index (χ1n) is 8.57. The number of benzene rings is 3. The summed E-state index contributed by atoms with van der Waals surface area (Å²) >= 11 is 6.90. The molecule has 6 heteroatoms. The smallest absolute Gasteiger partial charge is 0.337 e. The van der Waals surface area contributed by atoms with Gasteiger partial charge < -0.3 is 4.74 Å². The number of imidazole rings is 1. The number of aromatic nitrogens is 2. The van der Waals surface area contributed by atoms with Crippen molar-refractivity contribution in [1.29, 1.82) is 0 Å². The molecule has 0 N–H and O–H groups in total. The van der Waals surface area contributed by atoms with Gasteiger partial charge in [-0.2, -0.15) is 0 Å². The van der Waals surface area contributed by atoms with Gasteiger partial charge in [-0.1, -0.05) is 44.0 Å². The predicted molar refractivity (Wildman–Crippen MR) is 119 cm³/mol. The number of methoxy groups -OCH3 is 1. The van der Waals surface area contributed by atoms with Crippen molar-refractivity contribution in [2.75, 3.05) is 7.11 Å². The highest BCUT2D eigenvalue weighted by Crippen LogP contribution is 2.27. The number of halogens is 2. The second kappa shape index (κ2) is 7.81. The van der Waals surface area contributed by atoms with Crippen molar-refractivity contribution in [3.05, 3.63) is 98.4 Å². The first kappa shape index (κ1) is 18.8. The fourth-order valence-electron chi connectivity index (χ4n) is 3.06. The molecule has 0 atom stereocenters.